The maximum Gasteiger partial charge on any atom is 0.253 e. The van der Waals surface area contributed by atoms with Gasteiger partial charge in [-0.1, -0.05) is 30.3 Å². The predicted molar refractivity (Wildman–Crippen MR) is 98.6 cm³/mol. The van der Waals surface area contributed by atoms with Crippen LogP contribution in [0.4, 0.5) is 0 Å². The lowest BCUT2D eigenvalue weighted by atomic mass is 10.1. The number of ether oxygens (including phenoxy) is 1. The minimum Gasteiger partial charge on any atom is -0.379 e. The predicted octanol–water partition coefficient (Wildman–Crippen LogP) is 2.51. The van der Waals surface area contributed by atoms with E-state index < -0.39 is 0 Å². The summed E-state index contributed by atoms with van der Waals surface area (Å²) in [6.07, 6.45) is 0.945. The zero-order valence-corrected chi connectivity index (χ0v) is 14.7. The van der Waals surface area contributed by atoms with Gasteiger partial charge in [0.2, 0.25) is 0 Å². The molecule has 1 aliphatic heterocycles. The smallest absolute Gasteiger partial charge is 0.253 e. The molecule has 1 amide bonds. The van der Waals surface area contributed by atoms with E-state index in [1.54, 1.807) is 0 Å². The second kappa shape index (κ2) is 8.74. The zero-order valence-electron chi connectivity index (χ0n) is 14.7. The third kappa shape index (κ3) is 4.87. The average molecular weight is 339 g/mol. The van der Waals surface area contributed by atoms with E-state index in [1.165, 1.54) is 0 Å². The second-order valence-electron chi connectivity index (χ2n) is 6.26. The van der Waals surface area contributed by atoms with Gasteiger partial charge in [0.25, 0.3) is 5.91 Å². The number of nitrogens with one attached hydrogen (secondary N) is 1. The van der Waals surface area contributed by atoms with E-state index in [0.29, 0.717) is 12.1 Å². The molecular formula is C20H25N3O2. The van der Waals surface area contributed by atoms with Gasteiger partial charge in [-0.05, 0) is 32.0 Å². The monoisotopic (exact) mass is 339 g/mol. The van der Waals surface area contributed by atoms with Crippen molar-refractivity contribution in [1.29, 1.82) is 0 Å². The third-order valence-electron chi connectivity index (χ3n) is 4.44. The Morgan fingerprint density at radius 1 is 1.16 bits per heavy atom. The molecule has 0 bridgehead atoms. The van der Waals surface area contributed by atoms with E-state index in [2.05, 4.69) is 15.2 Å². The van der Waals surface area contributed by atoms with Crippen molar-refractivity contribution in [2.75, 3.05) is 39.4 Å². The topological polar surface area (TPSA) is 54.5 Å². The minimum absolute atomic E-state index is 0.0495. The number of aromatic nitrogens is 1. The maximum atomic E-state index is 12.4. The van der Waals surface area contributed by atoms with Crippen molar-refractivity contribution in [2.24, 2.45) is 0 Å². The van der Waals surface area contributed by atoms with Crippen molar-refractivity contribution in [1.82, 2.24) is 15.2 Å². The number of amides is 1. The van der Waals surface area contributed by atoms with Crippen LogP contribution < -0.4 is 5.32 Å². The Morgan fingerprint density at radius 2 is 1.92 bits per heavy atom. The summed E-state index contributed by atoms with van der Waals surface area (Å²) in [7, 11) is 0. The van der Waals surface area contributed by atoms with Gasteiger partial charge in [-0.3, -0.25) is 14.7 Å². The Labute approximate surface area is 149 Å². The number of hydrogen-bond acceptors (Lipinski definition) is 4. The van der Waals surface area contributed by atoms with Crippen LogP contribution in [0.15, 0.2) is 42.5 Å². The molecule has 25 heavy (non-hydrogen) atoms. The van der Waals surface area contributed by atoms with Gasteiger partial charge >= 0.3 is 0 Å². The molecule has 0 atom stereocenters. The normalized spacial score (nSPS) is 15.1. The molecule has 3 rings (SSSR count). The van der Waals surface area contributed by atoms with Crippen molar-refractivity contribution in [2.45, 2.75) is 13.3 Å². The summed E-state index contributed by atoms with van der Waals surface area (Å²) in [5.74, 6) is -0.0495. The third-order valence-corrected chi connectivity index (χ3v) is 4.44. The molecule has 2 aromatic rings. The van der Waals surface area contributed by atoms with Crippen molar-refractivity contribution in [3.05, 3.63) is 53.7 Å². The molecule has 1 aromatic heterocycles. The number of rotatable bonds is 6. The largest absolute Gasteiger partial charge is 0.379 e. The first-order valence-corrected chi connectivity index (χ1v) is 8.85. The highest BCUT2D eigenvalue weighted by atomic mass is 16.5. The number of morpholine rings is 1. The lowest BCUT2D eigenvalue weighted by Gasteiger charge is -2.26. The Bertz CT molecular complexity index is 697. The number of aryl methyl sites for hydroxylation is 1. The molecule has 1 N–H and O–H groups in total. The van der Waals surface area contributed by atoms with Gasteiger partial charge < -0.3 is 10.1 Å². The number of hydrogen-bond donors (Lipinski definition) is 1. The highest BCUT2D eigenvalue weighted by molar-refractivity contribution is 5.95. The van der Waals surface area contributed by atoms with Gasteiger partial charge in [0, 0.05) is 25.2 Å². The Balaban J connectivity index is 1.51. The first kappa shape index (κ1) is 17.6. The Hall–Kier alpha value is -2.24. The molecule has 0 aliphatic carbocycles. The molecule has 132 valence electrons. The molecule has 0 spiro atoms. The number of benzene rings is 1. The number of carbonyl (C=O) groups excluding carboxylic acids is 1. The summed E-state index contributed by atoms with van der Waals surface area (Å²) in [6, 6.07) is 13.8. The fourth-order valence-electron chi connectivity index (χ4n) is 3.00. The molecule has 1 fully saturated rings. The lowest BCUT2D eigenvalue weighted by molar-refractivity contribution is 0.0374. The van der Waals surface area contributed by atoms with Gasteiger partial charge in [-0.25, -0.2) is 0 Å². The van der Waals surface area contributed by atoms with Crippen LogP contribution in [0.2, 0.25) is 0 Å². The SMILES string of the molecule is Cc1nc(-c2ccccc2)ccc1C(=O)NCCCN1CCOCC1. The van der Waals surface area contributed by atoms with Crippen LogP contribution in [0.5, 0.6) is 0 Å². The lowest BCUT2D eigenvalue weighted by Crippen LogP contribution is -2.38. The Morgan fingerprint density at radius 3 is 2.64 bits per heavy atom. The van der Waals surface area contributed by atoms with Gasteiger partial charge in [0.15, 0.2) is 0 Å². The zero-order chi connectivity index (χ0) is 17.5. The highest BCUT2D eigenvalue weighted by Gasteiger charge is 2.12. The van der Waals surface area contributed by atoms with Crippen molar-refractivity contribution in [3.63, 3.8) is 0 Å². The molecule has 1 saturated heterocycles. The van der Waals surface area contributed by atoms with Crippen LogP contribution in [0.1, 0.15) is 22.5 Å². The van der Waals surface area contributed by atoms with Crippen LogP contribution in [0.3, 0.4) is 0 Å². The molecule has 1 aromatic carbocycles. The fraction of sp³-hybridized carbons (Fsp3) is 0.400. The summed E-state index contributed by atoms with van der Waals surface area (Å²) in [6.45, 7) is 7.14. The van der Waals surface area contributed by atoms with Gasteiger partial charge in [0.05, 0.1) is 30.2 Å². The first-order chi connectivity index (χ1) is 12.2. The highest BCUT2D eigenvalue weighted by Crippen LogP contribution is 2.18. The Kier molecular flexibility index (Phi) is 6.14. The minimum atomic E-state index is -0.0495. The molecule has 5 heteroatoms. The summed E-state index contributed by atoms with van der Waals surface area (Å²) < 4.78 is 5.34. The fourth-order valence-corrected chi connectivity index (χ4v) is 3.00. The van der Waals surface area contributed by atoms with E-state index in [9.17, 15) is 4.79 Å². The standard InChI is InChI=1S/C20H25N3O2/c1-16-18(8-9-19(22-16)17-6-3-2-4-7-17)20(24)21-10-5-11-23-12-14-25-15-13-23/h2-4,6-9H,5,10-15H2,1H3,(H,21,24). The maximum absolute atomic E-state index is 12.4. The first-order valence-electron chi connectivity index (χ1n) is 8.85. The average Bonchev–Trinajstić information content (AvgIpc) is 2.66. The van der Waals surface area contributed by atoms with Crippen molar-refractivity contribution < 1.29 is 9.53 Å². The van der Waals surface area contributed by atoms with E-state index in [4.69, 9.17) is 4.74 Å². The van der Waals surface area contributed by atoms with Crippen LogP contribution in [0.25, 0.3) is 11.3 Å². The summed E-state index contributed by atoms with van der Waals surface area (Å²) >= 11 is 0. The van der Waals surface area contributed by atoms with Crippen molar-refractivity contribution in [3.8, 4) is 11.3 Å². The van der Waals surface area contributed by atoms with Crippen LogP contribution >= 0.6 is 0 Å². The molecule has 2 heterocycles. The van der Waals surface area contributed by atoms with Crippen LogP contribution in [-0.2, 0) is 4.74 Å². The van der Waals surface area contributed by atoms with Crippen LogP contribution in [0, 0.1) is 6.92 Å². The molecule has 1 aliphatic rings. The quantitative estimate of drug-likeness (QED) is 0.822. The van der Waals surface area contributed by atoms with Gasteiger partial charge in [-0.15, -0.1) is 0 Å². The number of nitrogens with zero attached hydrogens (tertiary/aromatic N) is 2. The van der Waals surface area contributed by atoms with E-state index >= 15 is 0 Å². The molecular weight excluding hydrogens is 314 g/mol. The summed E-state index contributed by atoms with van der Waals surface area (Å²) in [4.78, 5) is 19.3. The van der Waals surface area contributed by atoms with Crippen molar-refractivity contribution >= 4 is 5.91 Å². The number of carbonyl (C=O) groups is 1. The van der Waals surface area contributed by atoms with Gasteiger partial charge in [-0.2, -0.15) is 0 Å². The van der Waals surface area contributed by atoms with Gasteiger partial charge in [0.1, 0.15) is 0 Å². The number of pyridine rings is 1. The summed E-state index contributed by atoms with van der Waals surface area (Å²) in [5.41, 5.74) is 3.35. The van der Waals surface area contributed by atoms with E-state index in [1.807, 2.05) is 49.4 Å². The molecule has 0 unspecified atom stereocenters. The molecule has 0 radical (unpaired) electrons. The summed E-state index contributed by atoms with van der Waals surface area (Å²) in [5, 5.41) is 3.00. The molecule has 0 saturated carbocycles. The van der Waals surface area contributed by atoms with E-state index in [0.717, 1.165) is 56.2 Å². The van der Waals surface area contributed by atoms with Crippen LogP contribution in [-0.4, -0.2) is 55.2 Å². The van der Waals surface area contributed by atoms with E-state index in [-0.39, 0.29) is 5.91 Å². The molecule has 5 nitrogen and oxygen atoms in total. The second-order valence-corrected chi connectivity index (χ2v) is 6.26.